The monoisotopic (exact) mass is 586 g/mol. The molecule has 0 unspecified atom stereocenters. The van der Waals surface area contributed by atoms with Crippen LogP contribution in [-0.2, 0) is 16.2 Å². The first-order chi connectivity index (χ1) is 21.0. The molecule has 45 heavy (non-hydrogen) atoms. The van der Waals surface area contributed by atoms with Crippen molar-refractivity contribution < 1.29 is 5.11 Å². The molecule has 0 fully saturated rings. The summed E-state index contributed by atoms with van der Waals surface area (Å²) in [6.07, 6.45) is 0. The lowest BCUT2D eigenvalue weighted by atomic mass is 9.76. The molecule has 1 N–H and O–H groups in total. The Morgan fingerprint density at radius 1 is 0.444 bits per heavy atom. The third kappa shape index (κ3) is 4.09. The van der Waals surface area contributed by atoms with Gasteiger partial charge in [0.15, 0.2) is 0 Å². The Hall–Kier alpha value is -5.36. The van der Waals surface area contributed by atoms with Crippen molar-refractivity contribution in [2.75, 3.05) is 0 Å². The lowest BCUT2D eigenvalue weighted by Gasteiger charge is -2.27. The maximum atomic E-state index is 12.2. The van der Waals surface area contributed by atoms with Gasteiger partial charge in [-0.3, -0.25) is 0 Å². The molecule has 0 saturated heterocycles. The van der Waals surface area contributed by atoms with E-state index in [0.717, 1.165) is 59.8 Å². The molecule has 6 aromatic carbocycles. The number of phenols is 1. The molecule has 0 aromatic heterocycles. The molecule has 0 radical (unpaired) electrons. The molecule has 0 spiro atoms. The minimum Gasteiger partial charge on any atom is -0.507 e. The molecule has 0 aliphatic rings. The number of hydrogen-bond acceptors (Lipinski definition) is 5. The van der Waals surface area contributed by atoms with Crippen LogP contribution >= 0.6 is 0 Å². The van der Waals surface area contributed by atoms with E-state index in [1.165, 1.54) is 0 Å². The summed E-state index contributed by atoms with van der Waals surface area (Å²) in [4.78, 5) is 0. The molecule has 5 nitrogen and oxygen atoms in total. The topological polar surface area (TPSA) is 115 Å². The highest BCUT2D eigenvalue weighted by Gasteiger charge is 2.29. The van der Waals surface area contributed by atoms with Crippen molar-refractivity contribution in [3.8, 4) is 30.0 Å². The first-order valence-corrected chi connectivity index (χ1v) is 15.1. The van der Waals surface area contributed by atoms with E-state index >= 15 is 0 Å². The van der Waals surface area contributed by atoms with Gasteiger partial charge in [-0.05, 0) is 96.3 Å². The quantitative estimate of drug-likeness (QED) is 0.142. The summed E-state index contributed by atoms with van der Waals surface area (Å²) in [6, 6.07) is 20.9. The van der Waals surface area contributed by atoms with Crippen molar-refractivity contribution in [1.29, 1.82) is 21.0 Å². The SMILES string of the molecule is CC(C)(C)c1cc2c(O)c3cc(C(C)(C)C)cc4c(=C(C#N)C#N)c5cc(C(C)(C)C)cc6c(=C(C#N)C#N)c(c1)c2c(c34)c65. The van der Waals surface area contributed by atoms with Gasteiger partial charge >= 0.3 is 0 Å². The highest BCUT2D eigenvalue weighted by Crippen LogP contribution is 2.49. The lowest BCUT2D eigenvalue weighted by Crippen LogP contribution is -2.20. The Morgan fingerprint density at radius 3 is 0.933 bits per heavy atom. The predicted octanol–water partition coefficient (Wildman–Crippen LogP) is 8.32. The van der Waals surface area contributed by atoms with Crippen LogP contribution in [0, 0.1) is 45.3 Å². The van der Waals surface area contributed by atoms with E-state index in [0.29, 0.717) is 21.2 Å². The Bertz CT molecular complexity index is 2370. The minimum atomic E-state index is -0.332. The molecule has 0 bridgehead atoms. The summed E-state index contributed by atoms with van der Waals surface area (Å²) in [6.45, 7) is 18.9. The van der Waals surface area contributed by atoms with Crippen LogP contribution < -0.4 is 10.4 Å². The van der Waals surface area contributed by atoms with Gasteiger partial charge in [0.1, 0.15) is 41.2 Å². The van der Waals surface area contributed by atoms with Gasteiger partial charge in [0.25, 0.3) is 0 Å². The second-order valence-electron chi connectivity index (χ2n) is 15.3. The van der Waals surface area contributed by atoms with E-state index in [9.17, 15) is 26.2 Å². The first kappa shape index (κ1) is 29.7. The number of phenolic OH excluding ortho intramolecular Hbond substituents is 1. The summed E-state index contributed by atoms with van der Waals surface area (Å²) in [5.74, 6) is 0.103. The maximum Gasteiger partial charge on any atom is 0.138 e. The number of nitriles is 4. The van der Waals surface area contributed by atoms with E-state index < -0.39 is 0 Å². The molecule has 6 rings (SSSR count). The van der Waals surface area contributed by atoms with Gasteiger partial charge in [0.05, 0.1) is 0 Å². The second kappa shape index (κ2) is 9.32. The smallest absolute Gasteiger partial charge is 0.138 e. The highest BCUT2D eigenvalue weighted by atomic mass is 16.3. The van der Waals surface area contributed by atoms with Crippen LogP contribution in [-0.4, -0.2) is 5.11 Å². The van der Waals surface area contributed by atoms with Crippen molar-refractivity contribution in [2.45, 2.75) is 78.6 Å². The van der Waals surface area contributed by atoms with Crippen molar-refractivity contribution >= 4 is 65.0 Å². The van der Waals surface area contributed by atoms with Gasteiger partial charge in [-0.2, -0.15) is 21.0 Å². The second-order valence-corrected chi connectivity index (χ2v) is 15.3. The Labute approximate surface area is 262 Å². The summed E-state index contributed by atoms with van der Waals surface area (Å²) in [5.41, 5.74) is 1.91. The highest BCUT2D eigenvalue weighted by molar-refractivity contribution is 6.40. The van der Waals surface area contributed by atoms with Gasteiger partial charge in [0.2, 0.25) is 0 Å². The fraction of sp³-hybridized carbons (Fsp3) is 0.300. The molecule has 6 aromatic rings. The minimum absolute atomic E-state index is 0.0268. The normalized spacial score (nSPS) is 12.6. The van der Waals surface area contributed by atoms with Crippen molar-refractivity contribution in [1.82, 2.24) is 0 Å². The van der Waals surface area contributed by atoms with E-state index in [4.69, 9.17) is 0 Å². The molecule has 0 amide bonds. The summed E-state index contributed by atoms with van der Waals surface area (Å²) in [7, 11) is 0. The third-order valence-corrected chi connectivity index (χ3v) is 9.30. The van der Waals surface area contributed by atoms with E-state index in [2.05, 4.69) is 111 Å². The van der Waals surface area contributed by atoms with E-state index in [1.54, 1.807) is 0 Å². The number of benzene rings is 6. The van der Waals surface area contributed by atoms with E-state index in [-0.39, 0.29) is 33.1 Å². The number of rotatable bonds is 0. The van der Waals surface area contributed by atoms with E-state index in [1.807, 2.05) is 12.1 Å². The molecule has 0 aliphatic carbocycles. The average Bonchev–Trinajstić information content (AvgIpc) is 2.96. The van der Waals surface area contributed by atoms with Crippen LogP contribution in [0.3, 0.4) is 0 Å². The van der Waals surface area contributed by atoms with Gasteiger partial charge in [-0.15, -0.1) is 0 Å². The first-order valence-electron chi connectivity index (χ1n) is 15.1. The average molecular weight is 587 g/mol. The van der Waals surface area contributed by atoms with Gasteiger partial charge in [-0.25, -0.2) is 0 Å². The molecule has 0 atom stereocenters. The fourth-order valence-corrected chi connectivity index (χ4v) is 6.82. The molecular formula is C40H34N4O. The van der Waals surface area contributed by atoms with Crippen LogP contribution in [0.5, 0.6) is 5.75 Å². The van der Waals surface area contributed by atoms with Gasteiger partial charge in [0, 0.05) is 37.4 Å². The van der Waals surface area contributed by atoms with Gasteiger partial charge < -0.3 is 5.11 Å². The Balaban J connectivity index is 2.23. The number of hydrogen-bond donors (Lipinski definition) is 1. The third-order valence-electron chi connectivity index (χ3n) is 9.30. The zero-order valence-corrected chi connectivity index (χ0v) is 27.2. The Morgan fingerprint density at radius 2 is 0.689 bits per heavy atom. The molecular weight excluding hydrogens is 552 g/mol. The van der Waals surface area contributed by atoms with Crippen LogP contribution in [0.4, 0.5) is 0 Å². The largest absolute Gasteiger partial charge is 0.507 e. The lowest BCUT2D eigenvalue weighted by molar-refractivity contribution is 0.487. The fourth-order valence-electron chi connectivity index (χ4n) is 6.82. The Kier molecular flexibility index (Phi) is 6.15. The number of nitrogens with zero attached hydrogens (tertiary/aromatic N) is 4. The molecule has 5 heteroatoms. The predicted molar refractivity (Wildman–Crippen MR) is 183 cm³/mol. The summed E-state index contributed by atoms with van der Waals surface area (Å²) in [5, 5.41) is 61.9. The molecule has 0 saturated carbocycles. The standard InChI is InChI=1S/C40H34N4O/c1-38(2,3)22-10-25-31(20(16-41)17-42)27-12-23(39(4,5)6)14-29-34(27)36-33(25)26(11-22)32(21(18-43)19-44)28-13-24(40(7,8)9)15-30(35(28)36)37(29)45/h10-15,45H,1-9H3. The summed E-state index contributed by atoms with van der Waals surface area (Å²) < 4.78 is 0. The zero-order valence-electron chi connectivity index (χ0n) is 27.2. The molecule has 0 aliphatic heterocycles. The van der Waals surface area contributed by atoms with Crippen LogP contribution in [0.1, 0.15) is 79.0 Å². The maximum absolute atomic E-state index is 12.2. The van der Waals surface area contributed by atoms with Crippen LogP contribution in [0.2, 0.25) is 0 Å². The van der Waals surface area contributed by atoms with Crippen molar-refractivity contribution in [3.63, 3.8) is 0 Å². The molecule has 220 valence electrons. The zero-order chi connectivity index (χ0) is 33.0. The molecule has 0 heterocycles. The van der Waals surface area contributed by atoms with Gasteiger partial charge in [-0.1, -0.05) is 62.3 Å². The van der Waals surface area contributed by atoms with Crippen molar-refractivity contribution in [2.24, 2.45) is 0 Å². The van der Waals surface area contributed by atoms with Crippen LogP contribution in [0.15, 0.2) is 36.4 Å². The summed E-state index contributed by atoms with van der Waals surface area (Å²) >= 11 is 0. The number of aromatic hydroxyl groups is 1. The van der Waals surface area contributed by atoms with Crippen LogP contribution in [0.25, 0.3) is 65.0 Å². The van der Waals surface area contributed by atoms with Crippen molar-refractivity contribution in [3.05, 3.63) is 63.5 Å².